The number of nitrogens with zero attached hydrogens (tertiary/aromatic N) is 2. The Bertz CT molecular complexity index is 673. The molecular formula is C14H15N3O3. The predicted molar refractivity (Wildman–Crippen MR) is 72.4 cm³/mol. The highest BCUT2D eigenvalue weighted by Crippen LogP contribution is 2.28. The number of carboxylic acid groups (broad SMARTS) is 1. The fraction of sp³-hybridized carbons (Fsp3) is 0.357. The molecule has 20 heavy (non-hydrogen) atoms. The van der Waals surface area contributed by atoms with Gasteiger partial charge in [-0.1, -0.05) is 6.07 Å². The van der Waals surface area contributed by atoms with E-state index in [2.05, 4.69) is 10.3 Å². The standard InChI is InChI=1S/C14H15N3O3/c18-13(9-4-5-9)15-6-7-17-8-16-11-3-1-2-10(12(11)17)14(19)20/h1-3,8-9H,4-7H2,(H,15,18)(H,19,20). The number of rotatable bonds is 5. The van der Waals surface area contributed by atoms with Crippen molar-refractivity contribution in [3.63, 3.8) is 0 Å². The molecule has 0 atom stereocenters. The first-order valence-corrected chi connectivity index (χ1v) is 6.61. The molecule has 3 rings (SSSR count). The maximum atomic E-state index is 11.5. The fourth-order valence-electron chi connectivity index (χ4n) is 2.26. The van der Waals surface area contributed by atoms with Crippen LogP contribution in [-0.2, 0) is 11.3 Å². The number of fused-ring (bicyclic) bond motifs is 1. The van der Waals surface area contributed by atoms with Gasteiger partial charge in [0.2, 0.25) is 5.91 Å². The SMILES string of the molecule is O=C(O)c1cccc2ncn(CCNC(=O)C3CC3)c12. The number of amides is 1. The van der Waals surface area contributed by atoms with Crippen molar-refractivity contribution in [2.24, 2.45) is 5.92 Å². The molecule has 6 nitrogen and oxygen atoms in total. The van der Waals surface area contributed by atoms with E-state index in [0.717, 1.165) is 12.8 Å². The van der Waals surface area contributed by atoms with Gasteiger partial charge in [0.15, 0.2) is 0 Å². The van der Waals surface area contributed by atoms with Crippen LogP contribution in [0.1, 0.15) is 23.2 Å². The van der Waals surface area contributed by atoms with Gasteiger partial charge in [0.05, 0.1) is 22.9 Å². The summed E-state index contributed by atoms with van der Waals surface area (Å²) in [4.78, 5) is 27.0. The van der Waals surface area contributed by atoms with E-state index in [1.807, 2.05) is 0 Å². The number of carboxylic acids is 1. The number of para-hydroxylation sites is 1. The third kappa shape index (κ3) is 2.36. The smallest absolute Gasteiger partial charge is 0.337 e. The Morgan fingerprint density at radius 2 is 2.20 bits per heavy atom. The van der Waals surface area contributed by atoms with E-state index < -0.39 is 5.97 Å². The number of hydrogen-bond donors (Lipinski definition) is 2. The number of aromatic nitrogens is 2. The third-order valence-electron chi connectivity index (χ3n) is 3.47. The van der Waals surface area contributed by atoms with Crippen molar-refractivity contribution in [3.05, 3.63) is 30.1 Å². The third-order valence-corrected chi connectivity index (χ3v) is 3.47. The van der Waals surface area contributed by atoms with E-state index in [0.29, 0.717) is 24.1 Å². The normalized spacial score (nSPS) is 14.4. The molecule has 0 bridgehead atoms. The van der Waals surface area contributed by atoms with Crippen LogP contribution >= 0.6 is 0 Å². The summed E-state index contributed by atoms with van der Waals surface area (Å²) in [6, 6.07) is 5.02. The van der Waals surface area contributed by atoms with E-state index >= 15 is 0 Å². The van der Waals surface area contributed by atoms with E-state index in [-0.39, 0.29) is 17.4 Å². The predicted octanol–water partition coefficient (Wildman–Crippen LogP) is 1.26. The summed E-state index contributed by atoms with van der Waals surface area (Å²) in [6.07, 6.45) is 3.56. The first-order valence-electron chi connectivity index (χ1n) is 6.61. The lowest BCUT2D eigenvalue weighted by Crippen LogP contribution is -2.28. The van der Waals surface area contributed by atoms with Crippen molar-refractivity contribution in [3.8, 4) is 0 Å². The van der Waals surface area contributed by atoms with Crippen molar-refractivity contribution >= 4 is 22.9 Å². The topological polar surface area (TPSA) is 84.2 Å². The Morgan fingerprint density at radius 3 is 2.90 bits per heavy atom. The summed E-state index contributed by atoms with van der Waals surface area (Å²) in [7, 11) is 0. The first kappa shape index (κ1) is 12.7. The van der Waals surface area contributed by atoms with E-state index in [9.17, 15) is 14.7 Å². The van der Waals surface area contributed by atoms with Crippen molar-refractivity contribution in [1.82, 2.24) is 14.9 Å². The second-order valence-corrected chi connectivity index (χ2v) is 4.98. The van der Waals surface area contributed by atoms with Crippen LogP contribution in [0.3, 0.4) is 0 Å². The maximum Gasteiger partial charge on any atom is 0.337 e. The molecule has 0 spiro atoms. The Labute approximate surface area is 115 Å². The Balaban J connectivity index is 1.77. The molecular weight excluding hydrogens is 258 g/mol. The lowest BCUT2D eigenvalue weighted by Gasteiger charge is -2.07. The van der Waals surface area contributed by atoms with Gasteiger partial charge >= 0.3 is 5.97 Å². The van der Waals surface area contributed by atoms with Crippen molar-refractivity contribution in [1.29, 1.82) is 0 Å². The molecule has 1 aliphatic carbocycles. The highest BCUT2D eigenvalue weighted by Gasteiger charge is 2.29. The molecule has 0 unspecified atom stereocenters. The summed E-state index contributed by atoms with van der Waals surface area (Å²) < 4.78 is 1.77. The second-order valence-electron chi connectivity index (χ2n) is 4.98. The summed E-state index contributed by atoms with van der Waals surface area (Å²) in [5.74, 6) is -0.698. The Hall–Kier alpha value is -2.37. The van der Waals surface area contributed by atoms with Crippen LogP contribution in [0.5, 0.6) is 0 Å². The van der Waals surface area contributed by atoms with Crippen molar-refractivity contribution < 1.29 is 14.7 Å². The van der Waals surface area contributed by atoms with Crippen molar-refractivity contribution in [2.75, 3.05) is 6.54 Å². The highest BCUT2D eigenvalue weighted by molar-refractivity contribution is 6.01. The van der Waals surface area contributed by atoms with E-state index in [1.165, 1.54) is 0 Å². The average Bonchev–Trinajstić information content (AvgIpc) is 3.20. The van der Waals surface area contributed by atoms with Gasteiger partial charge in [-0.25, -0.2) is 9.78 Å². The molecule has 0 radical (unpaired) electrons. The van der Waals surface area contributed by atoms with Gasteiger partial charge in [-0.2, -0.15) is 0 Å². The van der Waals surface area contributed by atoms with Gasteiger partial charge in [-0.05, 0) is 25.0 Å². The van der Waals surface area contributed by atoms with Crippen LogP contribution in [0, 0.1) is 5.92 Å². The highest BCUT2D eigenvalue weighted by atomic mass is 16.4. The maximum absolute atomic E-state index is 11.5. The molecule has 2 aromatic rings. The van der Waals surface area contributed by atoms with Gasteiger partial charge in [-0.15, -0.1) is 0 Å². The Kier molecular flexibility index (Phi) is 3.14. The number of benzene rings is 1. The minimum atomic E-state index is -0.973. The summed E-state index contributed by atoms with van der Waals surface area (Å²) in [5.41, 5.74) is 1.48. The second kappa shape index (κ2) is 4.96. The van der Waals surface area contributed by atoms with E-state index in [4.69, 9.17) is 0 Å². The number of hydrogen-bond acceptors (Lipinski definition) is 3. The van der Waals surface area contributed by atoms with Crippen LogP contribution in [0.15, 0.2) is 24.5 Å². The monoisotopic (exact) mass is 273 g/mol. The van der Waals surface area contributed by atoms with Crippen LogP contribution in [0.4, 0.5) is 0 Å². The average molecular weight is 273 g/mol. The zero-order valence-corrected chi connectivity index (χ0v) is 10.9. The molecule has 1 aromatic carbocycles. The molecule has 6 heteroatoms. The van der Waals surface area contributed by atoms with Crippen LogP contribution in [0.25, 0.3) is 11.0 Å². The molecule has 104 valence electrons. The van der Waals surface area contributed by atoms with Crippen LogP contribution in [-0.4, -0.2) is 33.1 Å². The first-order chi connectivity index (χ1) is 9.66. The van der Waals surface area contributed by atoms with Gasteiger partial charge in [0, 0.05) is 19.0 Å². The number of carbonyl (C=O) groups excluding carboxylic acids is 1. The summed E-state index contributed by atoms with van der Waals surface area (Å²) >= 11 is 0. The fourth-order valence-corrected chi connectivity index (χ4v) is 2.26. The molecule has 1 aliphatic rings. The minimum absolute atomic E-state index is 0.0906. The van der Waals surface area contributed by atoms with Gasteiger partial charge in [0.25, 0.3) is 0 Å². The summed E-state index contributed by atoms with van der Waals surface area (Å²) in [6.45, 7) is 0.994. The zero-order valence-electron chi connectivity index (χ0n) is 10.9. The molecule has 0 saturated heterocycles. The minimum Gasteiger partial charge on any atom is -0.478 e. The number of aromatic carboxylic acids is 1. The molecule has 1 amide bonds. The number of imidazole rings is 1. The van der Waals surface area contributed by atoms with Gasteiger partial charge < -0.3 is 15.0 Å². The van der Waals surface area contributed by atoms with E-state index in [1.54, 1.807) is 29.1 Å². The molecule has 0 aliphatic heterocycles. The summed E-state index contributed by atoms with van der Waals surface area (Å²) in [5, 5.41) is 12.1. The van der Waals surface area contributed by atoms with Crippen LogP contribution in [0.2, 0.25) is 0 Å². The van der Waals surface area contributed by atoms with Gasteiger partial charge in [-0.3, -0.25) is 4.79 Å². The zero-order chi connectivity index (χ0) is 14.1. The molecule has 1 saturated carbocycles. The molecule has 1 aromatic heterocycles. The van der Waals surface area contributed by atoms with Gasteiger partial charge in [0.1, 0.15) is 0 Å². The molecule has 2 N–H and O–H groups in total. The lowest BCUT2D eigenvalue weighted by atomic mass is 10.2. The Morgan fingerprint density at radius 1 is 1.40 bits per heavy atom. The van der Waals surface area contributed by atoms with Crippen molar-refractivity contribution in [2.45, 2.75) is 19.4 Å². The number of nitrogens with one attached hydrogen (secondary N) is 1. The number of carbonyl (C=O) groups is 2. The largest absolute Gasteiger partial charge is 0.478 e. The quantitative estimate of drug-likeness (QED) is 0.859. The van der Waals surface area contributed by atoms with Crippen LogP contribution < -0.4 is 5.32 Å². The molecule has 1 heterocycles. The molecule has 1 fully saturated rings. The lowest BCUT2D eigenvalue weighted by molar-refractivity contribution is -0.122.